The van der Waals surface area contributed by atoms with Gasteiger partial charge >= 0.3 is 0 Å². The zero-order valence-electron chi connectivity index (χ0n) is 10.9. The second-order valence-electron chi connectivity index (χ2n) is 4.17. The first-order chi connectivity index (χ1) is 9.02. The van der Waals surface area contributed by atoms with Crippen LogP contribution in [0.3, 0.4) is 0 Å². The van der Waals surface area contributed by atoms with Crippen LogP contribution in [0.15, 0.2) is 24.3 Å². The highest BCUT2D eigenvalue weighted by Gasteiger charge is 2.12. The molecular weight excluding hydrogens is 246 g/mol. The molecule has 0 saturated heterocycles. The number of hydrogen-bond acceptors (Lipinski definition) is 4. The van der Waals surface area contributed by atoms with Gasteiger partial charge in [-0.1, -0.05) is 19.4 Å². The number of ether oxygens (including phenoxy) is 1. The molecule has 5 N–H and O–H groups in total. The van der Waals surface area contributed by atoms with E-state index in [0.717, 1.165) is 6.42 Å². The Kier molecular flexibility index (Phi) is 5.81. The first-order valence-electron chi connectivity index (χ1n) is 6.10. The topological polar surface area (TPSA) is 107 Å². The third kappa shape index (κ3) is 5.39. The van der Waals surface area contributed by atoms with Gasteiger partial charge in [-0.15, -0.1) is 0 Å². The fraction of sp³-hybridized carbons (Fsp3) is 0.385. The van der Waals surface area contributed by atoms with Crippen molar-refractivity contribution in [2.24, 2.45) is 11.5 Å². The van der Waals surface area contributed by atoms with Crippen LogP contribution in [0.4, 0.5) is 5.69 Å². The highest BCUT2D eigenvalue weighted by Crippen LogP contribution is 2.17. The normalized spacial score (nSPS) is 11.7. The summed E-state index contributed by atoms with van der Waals surface area (Å²) in [4.78, 5) is 22.3. The predicted molar refractivity (Wildman–Crippen MR) is 72.6 cm³/mol. The summed E-state index contributed by atoms with van der Waals surface area (Å²) in [7, 11) is 0. The van der Waals surface area contributed by atoms with Gasteiger partial charge in [-0.25, -0.2) is 0 Å². The van der Waals surface area contributed by atoms with Crippen molar-refractivity contribution >= 4 is 17.5 Å². The second-order valence-corrected chi connectivity index (χ2v) is 4.17. The van der Waals surface area contributed by atoms with E-state index < -0.39 is 11.9 Å². The van der Waals surface area contributed by atoms with Crippen LogP contribution in [0.25, 0.3) is 0 Å². The molecule has 0 fully saturated rings. The van der Waals surface area contributed by atoms with E-state index in [1.807, 2.05) is 6.92 Å². The van der Waals surface area contributed by atoms with Gasteiger partial charge < -0.3 is 21.5 Å². The predicted octanol–water partition coefficient (Wildman–Crippen LogP) is 0.617. The molecule has 0 spiro atoms. The number of carbonyl (C=O) groups is 2. The summed E-state index contributed by atoms with van der Waals surface area (Å²) in [5, 5.41) is 2.69. The Balaban J connectivity index is 2.61. The van der Waals surface area contributed by atoms with Crippen molar-refractivity contribution in [2.45, 2.75) is 25.8 Å². The fourth-order valence-corrected chi connectivity index (χ4v) is 1.50. The van der Waals surface area contributed by atoms with Gasteiger partial charge in [0, 0.05) is 11.8 Å². The van der Waals surface area contributed by atoms with E-state index in [9.17, 15) is 9.59 Å². The van der Waals surface area contributed by atoms with Crippen molar-refractivity contribution in [1.29, 1.82) is 0 Å². The van der Waals surface area contributed by atoms with Gasteiger partial charge in [0.1, 0.15) is 5.75 Å². The summed E-state index contributed by atoms with van der Waals surface area (Å²) in [6.07, 6.45) is 1.47. The van der Waals surface area contributed by atoms with Crippen molar-refractivity contribution in [3.05, 3.63) is 24.3 Å². The number of amides is 2. The van der Waals surface area contributed by atoms with Crippen LogP contribution in [0, 0.1) is 0 Å². The van der Waals surface area contributed by atoms with Gasteiger partial charge in [0.15, 0.2) is 6.61 Å². The Morgan fingerprint density at radius 2 is 2.16 bits per heavy atom. The van der Waals surface area contributed by atoms with Crippen LogP contribution in [0.2, 0.25) is 0 Å². The Bertz CT molecular complexity index is 449. The molecule has 2 amide bonds. The number of benzene rings is 1. The maximum atomic E-state index is 11.7. The lowest BCUT2D eigenvalue weighted by atomic mass is 10.1. The van der Waals surface area contributed by atoms with Crippen LogP contribution in [-0.2, 0) is 9.59 Å². The van der Waals surface area contributed by atoms with Crippen molar-refractivity contribution in [1.82, 2.24) is 0 Å². The van der Waals surface area contributed by atoms with Crippen LogP contribution < -0.4 is 21.5 Å². The monoisotopic (exact) mass is 265 g/mol. The van der Waals surface area contributed by atoms with Crippen molar-refractivity contribution in [2.75, 3.05) is 11.9 Å². The van der Waals surface area contributed by atoms with E-state index in [1.54, 1.807) is 24.3 Å². The van der Waals surface area contributed by atoms with E-state index in [4.69, 9.17) is 16.2 Å². The van der Waals surface area contributed by atoms with Gasteiger partial charge in [-0.3, -0.25) is 9.59 Å². The van der Waals surface area contributed by atoms with Gasteiger partial charge in [0.05, 0.1) is 6.04 Å². The average Bonchev–Trinajstić information content (AvgIpc) is 2.37. The Morgan fingerprint density at radius 1 is 1.42 bits per heavy atom. The van der Waals surface area contributed by atoms with Crippen LogP contribution in [0.5, 0.6) is 5.75 Å². The summed E-state index contributed by atoms with van der Waals surface area (Å²) in [6, 6.07) is 6.18. The van der Waals surface area contributed by atoms with Crippen LogP contribution in [0.1, 0.15) is 19.8 Å². The molecule has 0 aromatic heterocycles. The van der Waals surface area contributed by atoms with E-state index in [0.29, 0.717) is 17.9 Å². The van der Waals surface area contributed by atoms with E-state index in [1.165, 1.54) is 0 Å². The molecule has 1 atom stereocenters. The third-order valence-electron chi connectivity index (χ3n) is 2.42. The van der Waals surface area contributed by atoms with Gasteiger partial charge in [-0.05, 0) is 18.6 Å². The highest BCUT2D eigenvalue weighted by molar-refractivity contribution is 5.94. The highest BCUT2D eigenvalue weighted by atomic mass is 16.5. The summed E-state index contributed by atoms with van der Waals surface area (Å²) in [5.41, 5.74) is 11.3. The molecule has 6 heteroatoms. The minimum absolute atomic E-state index is 0.202. The maximum Gasteiger partial charge on any atom is 0.255 e. The number of anilines is 1. The van der Waals surface area contributed by atoms with E-state index in [-0.39, 0.29) is 12.5 Å². The average molecular weight is 265 g/mol. The number of rotatable bonds is 7. The number of primary amides is 1. The van der Waals surface area contributed by atoms with Gasteiger partial charge in [0.2, 0.25) is 5.91 Å². The lowest BCUT2D eigenvalue weighted by Crippen LogP contribution is -2.35. The van der Waals surface area contributed by atoms with Gasteiger partial charge in [0.25, 0.3) is 5.91 Å². The van der Waals surface area contributed by atoms with Crippen LogP contribution in [-0.4, -0.2) is 24.5 Å². The summed E-state index contributed by atoms with van der Waals surface area (Å²) in [5.74, 6) is -0.339. The summed E-state index contributed by atoms with van der Waals surface area (Å²) >= 11 is 0. The number of nitrogens with one attached hydrogen (secondary N) is 1. The molecule has 1 rings (SSSR count). The molecule has 0 radical (unpaired) electrons. The SMILES string of the molecule is CCC[C@H](N)C(=O)Nc1cccc(OCC(N)=O)c1. The molecule has 6 nitrogen and oxygen atoms in total. The van der Waals surface area contributed by atoms with Crippen molar-refractivity contribution in [3.63, 3.8) is 0 Å². The summed E-state index contributed by atoms with van der Waals surface area (Å²) in [6.45, 7) is 1.76. The number of hydrogen-bond donors (Lipinski definition) is 3. The largest absolute Gasteiger partial charge is 0.484 e. The van der Waals surface area contributed by atoms with Crippen molar-refractivity contribution < 1.29 is 14.3 Å². The zero-order valence-corrected chi connectivity index (χ0v) is 10.9. The minimum atomic E-state index is -0.556. The molecule has 0 aliphatic heterocycles. The first kappa shape index (κ1) is 15.0. The van der Waals surface area contributed by atoms with Crippen molar-refractivity contribution in [3.8, 4) is 5.75 Å². The lowest BCUT2D eigenvalue weighted by Gasteiger charge is -2.12. The lowest BCUT2D eigenvalue weighted by molar-refractivity contribution is -0.120. The third-order valence-corrected chi connectivity index (χ3v) is 2.42. The number of nitrogens with two attached hydrogens (primary N) is 2. The smallest absolute Gasteiger partial charge is 0.255 e. The number of carbonyl (C=O) groups excluding carboxylic acids is 2. The van der Waals surface area contributed by atoms with E-state index in [2.05, 4.69) is 5.32 Å². The first-order valence-corrected chi connectivity index (χ1v) is 6.10. The molecule has 0 saturated carbocycles. The molecule has 104 valence electrons. The van der Waals surface area contributed by atoms with Gasteiger partial charge in [-0.2, -0.15) is 0 Å². The molecule has 0 unspecified atom stereocenters. The molecule has 0 bridgehead atoms. The Hall–Kier alpha value is -2.08. The zero-order chi connectivity index (χ0) is 14.3. The quantitative estimate of drug-likeness (QED) is 0.671. The van der Waals surface area contributed by atoms with Crippen LogP contribution >= 0.6 is 0 Å². The maximum absolute atomic E-state index is 11.7. The molecule has 0 aliphatic carbocycles. The molecular formula is C13H19N3O3. The molecule has 1 aromatic rings. The minimum Gasteiger partial charge on any atom is -0.484 e. The Morgan fingerprint density at radius 3 is 2.79 bits per heavy atom. The molecule has 0 aliphatic rings. The molecule has 19 heavy (non-hydrogen) atoms. The van der Waals surface area contributed by atoms with E-state index >= 15 is 0 Å². The fourth-order valence-electron chi connectivity index (χ4n) is 1.50. The summed E-state index contributed by atoms with van der Waals surface area (Å²) < 4.78 is 5.14. The Labute approximate surface area is 112 Å². The molecule has 1 aromatic carbocycles. The second kappa shape index (κ2) is 7.38. The standard InChI is InChI=1S/C13H19N3O3/c1-2-4-11(14)13(18)16-9-5-3-6-10(7-9)19-8-12(15)17/h3,5-7,11H,2,4,8,14H2,1H3,(H2,15,17)(H,16,18)/t11-/m0/s1. The molecule has 0 heterocycles.